The van der Waals surface area contributed by atoms with Gasteiger partial charge in [0.15, 0.2) is 0 Å². The minimum Gasteiger partial charge on any atom is -0.489 e. The topological polar surface area (TPSA) is 97.0 Å². The van der Waals surface area contributed by atoms with Gasteiger partial charge in [-0.25, -0.2) is 4.79 Å². The van der Waals surface area contributed by atoms with Gasteiger partial charge in [0, 0.05) is 19.8 Å². The first-order valence-corrected chi connectivity index (χ1v) is 9.64. The Morgan fingerprint density at radius 1 is 1.28 bits per heavy atom. The second kappa shape index (κ2) is 10.1. The number of hydrogen-bond acceptors (Lipinski definition) is 5. The molecule has 1 atom stereocenters. The van der Waals surface area contributed by atoms with Crippen LogP contribution in [0.25, 0.3) is 0 Å². The number of benzene rings is 1. The highest BCUT2D eigenvalue weighted by atomic mass is 16.5. The van der Waals surface area contributed by atoms with Crippen LogP contribution in [0.3, 0.4) is 0 Å². The quantitative estimate of drug-likeness (QED) is 0.334. The summed E-state index contributed by atoms with van der Waals surface area (Å²) in [4.78, 5) is 38.2. The second-order valence-corrected chi connectivity index (χ2v) is 7.12. The van der Waals surface area contributed by atoms with Gasteiger partial charge in [0.25, 0.3) is 5.91 Å². The number of nitrogens with zero attached hydrogens (tertiary/aromatic N) is 1. The van der Waals surface area contributed by atoms with Gasteiger partial charge < -0.3 is 20.1 Å². The van der Waals surface area contributed by atoms with Crippen LogP contribution < -0.4 is 15.4 Å². The number of carbonyl (C=O) groups excluding carboxylic acids is 3. The van der Waals surface area contributed by atoms with Gasteiger partial charge in [0.1, 0.15) is 24.4 Å². The van der Waals surface area contributed by atoms with E-state index in [1.807, 2.05) is 13.8 Å². The van der Waals surface area contributed by atoms with Crippen LogP contribution in [0.15, 0.2) is 36.4 Å². The third-order valence-electron chi connectivity index (χ3n) is 4.49. The van der Waals surface area contributed by atoms with E-state index in [-0.39, 0.29) is 6.54 Å². The third kappa shape index (κ3) is 5.80. The Morgan fingerprint density at radius 2 is 1.97 bits per heavy atom. The largest absolute Gasteiger partial charge is 0.489 e. The Hall–Kier alpha value is -2.87. The SMILES string of the molecule is C=C(C)COc1ccc(C2(C)NC(=O)N(CC(=O)NCCCOCC)C2=O)cc1. The van der Waals surface area contributed by atoms with E-state index in [0.29, 0.717) is 44.1 Å². The Bertz CT molecular complexity index is 762. The van der Waals surface area contributed by atoms with Crippen LogP contribution in [0, 0.1) is 0 Å². The summed E-state index contributed by atoms with van der Waals surface area (Å²) in [5.41, 5.74) is 0.267. The zero-order valence-corrected chi connectivity index (χ0v) is 17.2. The van der Waals surface area contributed by atoms with Crippen LogP contribution in [0.4, 0.5) is 4.79 Å². The lowest BCUT2D eigenvalue weighted by Crippen LogP contribution is -2.43. The number of imide groups is 1. The molecule has 2 N–H and O–H groups in total. The molecule has 0 bridgehead atoms. The minimum absolute atomic E-state index is 0.325. The van der Waals surface area contributed by atoms with Crippen LogP contribution in [-0.2, 0) is 19.9 Å². The molecule has 1 fully saturated rings. The number of amides is 4. The van der Waals surface area contributed by atoms with Crippen molar-refractivity contribution in [2.24, 2.45) is 0 Å². The van der Waals surface area contributed by atoms with E-state index in [2.05, 4.69) is 17.2 Å². The molecule has 1 aliphatic rings. The fraction of sp³-hybridized carbons (Fsp3) is 0.476. The van der Waals surface area contributed by atoms with Crippen molar-refractivity contribution in [1.82, 2.24) is 15.5 Å². The summed E-state index contributed by atoms with van der Waals surface area (Å²) in [7, 11) is 0. The summed E-state index contributed by atoms with van der Waals surface area (Å²) in [5.74, 6) is -0.222. The maximum Gasteiger partial charge on any atom is 0.325 e. The van der Waals surface area contributed by atoms with Crippen molar-refractivity contribution in [3.8, 4) is 5.75 Å². The number of hydrogen-bond donors (Lipinski definition) is 2. The molecule has 1 heterocycles. The molecule has 158 valence electrons. The molecule has 0 saturated carbocycles. The first-order chi connectivity index (χ1) is 13.8. The lowest BCUT2D eigenvalue weighted by molar-refractivity contribution is -0.134. The summed E-state index contributed by atoms with van der Waals surface area (Å²) < 4.78 is 10.8. The Balaban J connectivity index is 1.97. The summed E-state index contributed by atoms with van der Waals surface area (Å²) >= 11 is 0. The average Bonchev–Trinajstić information content (AvgIpc) is 2.90. The summed E-state index contributed by atoms with van der Waals surface area (Å²) in [6, 6.07) is 6.32. The minimum atomic E-state index is -1.24. The zero-order chi connectivity index (χ0) is 21.4. The molecular formula is C21H29N3O5. The van der Waals surface area contributed by atoms with Crippen molar-refractivity contribution in [2.75, 3.05) is 32.9 Å². The van der Waals surface area contributed by atoms with E-state index in [4.69, 9.17) is 9.47 Å². The van der Waals surface area contributed by atoms with E-state index in [1.165, 1.54) is 0 Å². The highest BCUT2D eigenvalue weighted by molar-refractivity contribution is 6.09. The van der Waals surface area contributed by atoms with Crippen molar-refractivity contribution in [1.29, 1.82) is 0 Å². The molecule has 1 aliphatic heterocycles. The monoisotopic (exact) mass is 403 g/mol. The van der Waals surface area contributed by atoms with Crippen molar-refractivity contribution >= 4 is 17.8 Å². The molecule has 0 spiro atoms. The number of ether oxygens (including phenoxy) is 2. The van der Waals surface area contributed by atoms with Crippen molar-refractivity contribution in [3.63, 3.8) is 0 Å². The number of nitrogens with one attached hydrogen (secondary N) is 2. The second-order valence-electron chi connectivity index (χ2n) is 7.12. The van der Waals surface area contributed by atoms with Gasteiger partial charge in [0.05, 0.1) is 0 Å². The van der Waals surface area contributed by atoms with E-state index in [9.17, 15) is 14.4 Å². The van der Waals surface area contributed by atoms with Gasteiger partial charge in [0.2, 0.25) is 5.91 Å². The molecule has 0 radical (unpaired) electrons. The smallest absolute Gasteiger partial charge is 0.325 e. The summed E-state index contributed by atoms with van der Waals surface area (Å²) in [6.45, 7) is 10.8. The first-order valence-electron chi connectivity index (χ1n) is 9.64. The third-order valence-corrected chi connectivity index (χ3v) is 4.49. The van der Waals surface area contributed by atoms with Crippen LogP contribution in [0.1, 0.15) is 32.8 Å². The van der Waals surface area contributed by atoms with Crippen molar-refractivity contribution in [2.45, 2.75) is 32.7 Å². The van der Waals surface area contributed by atoms with Gasteiger partial charge in [-0.2, -0.15) is 0 Å². The van der Waals surface area contributed by atoms with Crippen LogP contribution in [0.2, 0.25) is 0 Å². The molecule has 1 aromatic rings. The predicted molar refractivity (Wildman–Crippen MR) is 108 cm³/mol. The molecule has 0 aromatic heterocycles. The maximum absolute atomic E-state index is 12.9. The molecule has 8 nitrogen and oxygen atoms in total. The molecule has 1 saturated heterocycles. The molecule has 1 unspecified atom stereocenters. The molecule has 2 rings (SSSR count). The van der Waals surface area contributed by atoms with Gasteiger partial charge in [-0.3, -0.25) is 14.5 Å². The Labute approximate surface area is 171 Å². The Morgan fingerprint density at radius 3 is 2.59 bits per heavy atom. The van der Waals surface area contributed by atoms with Gasteiger partial charge in [-0.05, 0) is 50.5 Å². The highest BCUT2D eigenvalue weighted by Gasteiger charge is 2.49. The van der Waals surface area contributed by atoms with E-state index < -0.39 is 23.4 Å². The first kappa shape index (κ1) is 22.4. The summed E-state index contributed by atoms with van der Waals surface area (Å²) in [5, 5.41) is 5.38. The predicted octanol–water partition coefficient (Wildman–Crippen LogP) is 1.95. The number of carbonyl (C=O) groups is 3. The maximum atomic E-state index is 12.9. The van der Waals surface area contributed by atoms with Gasteiger partial charge in [-0.1, -0.05) is 18.7 Å². The number of rotatable bonds is 11. The van der Waals surface area contributed by atoms with Crippen LogP contribution in [0.5, 0.6) is 5.75 Å². The zero-order valence-electron chi connectivity index (χ0n) is 17.2. The van der Waals surface area contributed by atoms with E-state index >= 15 is 0 Å². The molecule has 8 heteroatoms. The Kier molecular flexibility index (Phi) is 7.78. The van der Waals surface area contributed by atoms with Crippen LogP contribution >= 0.6 is 0 Å². The molecule has 0 aliphatic carbocycles. The van der Waals surface area contributed by atoms with E-state index in [0.717, 1.165) is 10.5 Å². The van der Waals surface area contributed by atoms with Crippen molar-refractivity contribution in [3.05, 3.63) is 42.0 Å². The lowest BCUT2D eigenvalue weighted by atomic mass is 9.92. The average molecular weight is 403 g/mol. The fourth-order valence-corrected chi connectivity index (χ4v) is 2.87. The van der Waals surface area contributed by atoms with Crippen molar-refractivity contribution < 1.29 is 23.9 Å². The molecule has 29 heavy (non-hydrogen) atoms. The van der Waals surface area contributed by atoms with E-state index in [1.54, 1.807) is 31.2 Å². The number of urea groups is 1. The molecule has 4 amide bonds. The standard InChI is InChI=1S/C21H29N3O5/c1-5-28-12-6-11-22-18(25)13-24-19(26)21(4,23-20(24)27)16-7-9-17(10-8-16)29-14-15(2)3/h7-10H,2,5-6,11-14H2,1,3-4H3,(H,22,25)(H,23,27). The molecule has 1 aromatic carbocycles. The normalized spacial score (nSPS) is 18.5. The fourth-order valence-electron chi connectivity index (χ4n) is 2.87. The van der Waals surface area contributed by atoms with Gasteiger partial charge >= 0.3 is 6.03 Å². The lowest BCUT2D eigenvalue weighted by Gasteiger charge is -2.22. The summed E-state index contributed by atoms with van der Waals surface area (Å²) in [6.07, 6.45) is 0.664. The molecular weight excluding hydrogens is 374 g/mol. The van der Waals surface area contributed by atoms with Gasteiger partial charge in [-0.15, -0.1) is 0 Å². The van der Waals surface area contributed by atoms with Crippen LogP contribution in [-0.4, -0.2) is 55.7 Å². The highest BCUT2D eigenvalue weighted by Crippen LogP contribution is 2.30.